The standard InChI is InChI=1S/C20H20F3NO2/c21-20(22,23)26-18-9-6-14(7-10-18)13-24-19(25)12-15-5-8-16-3-1-2-4-17(16)11-15/h5-11H,1-4,12-13H2,(H,24,25). The van der Waals surface area contributed by atoms with E-state index < -0.39 is 6.36 Å². The summed E-state index contributed by atoms with van der Waals surface area (Å²) in [7, 11) is 0. The summed E-state index contributed by atoms with van der Waals surface area (Å²) in [5, 5.41) is 2.79. The highest BCUT2D eigenvalue weighted by Gasteiger charge is 2.30. The maximum absolute atomic E-state index is 12.1. The molecule has 0 bridgehead atoms. The number of aryl methyl sites for hydroxylation is 2. The first-order valence-electron chi connectivity index (χ1n) is 8.61. The van der Waals surface area contributed by atoms with Gasteiger partial charge in [0.15, 0.2) is 0 Å². The average Bonchev–Trinajstić information content (AvgIpc) is 2.60. The van der Waals surface area contributed by atoms with Crippen molar-refractivity contribution in [2.75, 3.05) is 0 Å². The van der Waals surface area contributed by atoms with Gasteiger partial charge in [-0.25, -0.2) is 0 Å². The smallest absolute Gasteiger partial charge is 0.406 e. The Morgan fingerprint density at radius 3 is 2.31 bits per heavy atom. The number of hydrogen-bond acceptors (Lipinski definition) is 2. The fraction of sp³-hybridized carbons (Fsp3) is 0.350. The molecule has 1 aliphatic rings. The lowest BCUT2D eigenvalue weighted by atomic mass is 9.90. The van der Waals surface area contributed by atoms with E-state index in [1.807, 2.05) is 6.07 Å². The molecule has 138 valence electrons. The van der Waals surface area contributed by atoms with Gasteiger partial charge in [0.25, 0.3) is 0 Å². The third kappa shape index (κ3) is 5.25. The molecule has 0 aliphatic heterocycles. The average molecular weight is 363 g/mol. The van der Waals surface area contributed by atoms with Crippen LogP contribution in [-0.2, 0) is 30.6 Å². The summed E-state index contributed by atoms with van der Waals surface area (Å²) in [6.07, 6.45) is 0.177. The normalized spacial score (nSPS) is 13.8. The highest BCUT2D eigenvalue weighted by atomic mass is 19.4. The molecule has 0 spiro atoms. The lowest BCUT2D eigenvalue weighted by Crippen LogP contribution is -2.24. The molecule has 1 aliphatic carbocycles. The number of fused-ring (bicyclic) bond motifs is 1. The first kappa shape index (κ1) is 18.3. The summed E-state index contributed by atoms with van der Waals surface area (Å²) in [4.78, 5) is 12.1. The highest BCUT2D eigenvalue weighted by Crippen LogP contribution is 2.23. The van der Waals surface area contributed by atoms with Crippen molar-refractivity contribution in [3.8, 4) is 5.75 Å². The number of benzene rings is 2. The molecule has 0 heterocycles. The minimum atomic E-state index is -4.70. The van der Waals surface area contributed by atoms with Crippen LogP contribution < -0.4 is 10.1 Å². The molecule has 2 aromatic rings. The SMILES string of the molecule is O=C(Cc1ccc2c(c1)CCCC2)NCc1ccc(OC(F)(F)F)cc1. The van der Waals surface area contributed by atoms with Crippen LogP contribution in [-0.4, -0.2) is 12.3 Å². The Labute approximate surface area is 150 Å². The number of amides is 1. The number of halogens is 3. The van der Waals surface area contributed by atoms with Crippen LogP contribution in [0.25, 0.3) is 0 Å². The highest BCUT2D eigenvalue weighted by molar-refractivity contribution is 5.78. The Morgan fingerprint density at radius 2 is 1.62 bits per heavy atom. The van der Waals surface area contributed by atoms with Gasteiger partial charge in [0, 0.05) is 6.54 Å². The Morgan fingerprint density at radius 1 is 0.962 bits per heavy atom. The topological polar surface area (TPSA) is 38.3 Å². The van der Waals surface area contributed by atoms with Crippen LogP contribution in [0.4, 0.5) is 13.2 Å². The van der Waals surface area contributed by atoms with E-state index in [-0.39, 0.29) is 18.2 Å². The molecule has 0 fully saturated rings. The molecule has 0 atom stereocenters. The lowest BCUT2D eigenvalue weighted by Gasteiger charge is -2.16. The summed E-state index contributed by atoms with van der Waals surface area (Å²) in [6, 6.07) is 11.7. The number of ether oxygens (including phenoxy) is 1. The fourth-order valence-electron chi connectivity index (χ4n) is 3.15. The Bertz CT molecular complexity index is 770. The van der Waals surface area contributed by atoms with Crippen LogP contribution in [0.2, 0.25) is 0 Å². The zero-order valence-corrected chi connectivity index (χ0v) is 14.2. The van der Waals surface area contributed by atoms with Crippen LogP contribution in [0.5, 0.6) is 5.75 Å². The van der Waals surface area contributed by atoms with E-state index in [2.05, 4.69) is 22.2 Å². The largest absolute Gasteiger partial charge is 0.573 e. The summed E-state index contributed by atoms with van der Waals surface area (Å²) in [5.74, 6) is -0.391. The second-order valence-corrected chi connectivity index (χ2v) is 6.46. The van der Waals surface area contributed by atoms with Crippen LogP contribution in [0.3, 0.4) is 0 Å². The van der Waals surface area contributed by atoms with Crippen molar-refractivity contribution in [2.45, 2.75) is 45.0 Å². The van der Waals surface area contributed by atoms with E-state index in [1.54, 1.807) is 0 Å². The van der Waals surface area contributed by atoms with Crippen molar-refractivity contribution in [1.82, 2.24) is 5.32 Å². The quantitative estimate of drug-likeness (QED) is 0.859. The minimum Gasteiger partial charge on any atom is -0.406 e. The van der Waals surface area contributed by atoms with Gasteiger partial charge in [-0.1, -0.05) is 30.3 Å². The predicted octanol–water partition coefficient (Wildman–Crippen LogP) is 4.32. The maximum atomic E-state index is 12.1. The van der Waals surface area contributed by atoms with Gasteiger partial charge < -0.3 is 10.1 Å². The van der Waals surface area contributed by atoms with Crippen molar-refractivity contribution >= 4 is 5.91 Å². The third-order valence-electron chi connectivity index (χ3n) is 4.42. The molecule has 2 aromatic carbocycles. The maximum Gasteiger partial charge on any atom is 0.573 e. The number of carbonyl (C=O) groups is 1. The summed E-state index contributed by atoms with van der Waals surface area (Å²) in [5.41, 5.74) is 4.40. The molecular formula is C20H20F3NO2. The van der Waals surface area contributed by atoms with Gasteiger partial charge in [-0.3, -0.25) is 4.79 Å². The summed E-state index contributed by atoms with van der Waals surface area (Å²) in [6.45, 7) is 0.260. The van der Waals surface area contributed by atoms with Gasteiger partial charge in [0.2, 0.25) is 5.91 Å². The van der Waals surface area contributed by atoms with Crippen LogP contribution in [0.15, 0.2) is 42.5 Å². The second kappa shape index (κ2) is 7.81. The van der Waals surface area contributed by atoms with Gasteiger partial charge in [0.1, 0.15) is 5.75 Å². The molecule has 0 unspecified atom stereocenters. The van der Waals surface area contributed by atoms with Gasteiger partial charge in [0.05, 0.1) is 6.42 Å². The molecular weight excluding hydrogens is 343 g/mol. The molecule has 26 heavy (non-hydrogen) atoms. The van der Waals surface area contributed by atoms with Crippen LogP contribution in [0, 0.1) is 0 Å². The minimum absolute atomic E-state index is 0.114. The number of nitrogens with one attached hydrogen (secondary N) is 1. The first-order valence-corrected chi connectivity index (χ1v) is 8.61. The van der Waals surface area contributed by atoms with E-state index in [0.717, 1.165) is 18.4 Å². The molecule has 3 rings (SSSR count). The van der Waals surface area contributed by atoms with E-state index in [9.17, 15) is 18.0 Å². The summed E-state index contributed by atoms with van der Waals surface area (Å²) >= 11 is 0. The molecule has 1 N–H and O–H groups in total. The number of hydrogen-bond donors (Lipinski definition) is 1. The Hall–Kier alpha value is -2.50. The van der Waals surface area contributed by atoms with Gasteiger partial charge in [-0.05, 0) is 60.1 Å². The van der Waals surface area contributed by atoms with Crippen molar-refractivity contribution in [1.29, 1.82) is 0 Å². The monoisotopic (exact) mass is 363 g/mol. The first-order chi connectivity index (χ1) is 12.4. The zero-order chi connectivity index (χ0) is 18.6. The predicted molar refractivity (Wildman–Crippen MR) is 91.8 cm³/mol. The second-order valence-electron chi connectivity index (χ2n) is 6.46. The Kier molecular flexibility index (Phi) is 5.49. The van der Waals surface area contributed by atoms with E-state index in [0.29, 0.717) is 12.0 Å². The third-order valence-corrected chi connectivity index (χ3v) is 4.42. The lowest BCUT2D eigenvalue weighted by molar-refractivity contribution is -0.274. The van der Waals surface area contributed by atoms with Crippen molar-refractivity contribution in [2.24, 2.45) is 0 Å². The molecule has 0 radical (unpaired) electrons. The number of carbonyl (C=O) groups excluding carboxylic acids is 1. The molecule has 0 aromatic heterocycles. The van der Waals surface area contributed by atoms with Crippen LogP contribution >= 0.6 is 0 Å². The van der Waals surface area contributed by atoms with Crippen molar-refractivity contribution < 1.29 is 22.7 Å². The molecule has 0 saturated carbocycles. The van der Waals surface area contributed by atoms with E-state index in [1.165, 1.54) is 48.2 Å². The van der Waals surface area contributed by atoms with Gasteiger partial charge in [-0.15, -0.1) is 13.2 Å². The van der Waals surface area contributed by atoms with Crippen molar-refractivity contribution in [3.63, 3.8) is 0 Å². The number of alkyl halides is 3. The fourth-order valence-corrected chi connectivity index (χ4v) is 3.15. The molecule has 6 heteroatoms. The zero-order valence-electron chi connectivity index (χ0n) is 14.2. The molecule has 3 nitrogen and oxygen atoms in total. The van der Waals surface area contributed by atoms with Gasteiger partial charge in [-0.2, -0.15) is 0 Å². The van der Waals surface area contributed by atoms with Crippen molar-refractivity contribution in [3.05, 3.63) is 64.7 Å². The van der Waals surface area contributed by atoms with E-state index in [4.69, 9.17) is 0 Å². The van der Waals surface area contributed by atoms with E-state index >= 15 is 0 Å². The number of rotatable bonds is 5. The Balaban J connectivity index is 1.51. The van der Waals surface area contributed by atoms with Crippen LogP contribution in [0.1, 0.15) is 35.1 Å². The van der Waals surface area contributed by atoms with Gasteiger partial charge >= 0.3 is 6.36 Å². The summed E-state index contributed by atoms with van der Waals surface area (Å²) < 4.78 is 40.2. The molecule has 0 saturated heterocycles. The molecule has 1 amide bonds.